The minimum Gasteiger partial charge on any atom is -0.393 e. The predicted molar refractivity (Wildman–Crippen MR) is 156 cm³/mol. The molecule has 11 atom stereocenters. The number of hydrogen-bond donors (Lipinski definition) is 8. The van der Waals surface area contributed by atoms with Gasteiger partial charge in [0, 0.05) is 24.9 Å². The molecule has 12 heteroatoms. The molecular formula is C30H49N3O9. The normalized spacial score (nSPS) is 35.4. The molecule has 6 unspecified atom stereocenters. The first-order chi connectivity index (χ1) is 19.7. The summed E-state index contributed by atoms with van der Waals surface area (Å²) in [6, 6.07) is 6.24. The third-order valence-electron chi connectivity index (χ3n) is 7.72. The quantitative estimate of drug-likeness (QED) is 0.172. The highest BCUT2D eigenvalue weighted by Gasteiger charge is 2.49. The number of urea groups is 1. The largest absolute Gasteiger partial charge is 0.393 e. The number of nitrogens with two attached hydrogens (primary N) is 1. The van der Waals surface area contributed by atoms with Crippen molar-refractivity contribution in [3.63, 3.8) is 0 Å². The number of carbonyl (C=O) groups is 1. The maximum atomic E-state index is 12.9. The van der Waals surface area contributed by atoms with Crippen molar-refractivity contribution in [3.8, 4) is 0 Å². The summed E-state index contributed by atoms with van der Waals surface area (Å²) in [6.45, 7) is 9.18. The van der Waals surface area contributed by atoms with Crippen molar-refractivity contribution >= 4 is 11.7 Å². The third-order valence-corrected chi connectivity index (χ3v) is 7.72. The molecule has 2 amide bonds. The molecule has 12 nitrogen and oxygen atoms in total. The van der Waals surface area contributed by atoms with Crippen molar-refractivity contribution < 1.29 is 44.5 Å². The van der Waals surface area contributed by atoms with E-state index in [4.69, 9.17) is 19.9 Å². The second-order valence-electron chi connectivity index (χ2n) is 12.2. The van der Waals surface area contributed by atoms with E-state index in [2.05, 4.69) is 10.6 Å². The average molecular weight is 596 g/mol. The number of nitrogens with one attached hydrogen (secondary N) is 2. The van der Waals surface area contributed by atoms with Gasteiger partial charge in [0.15, 0.2) is 12.1 Å². The molecule has 3 rings (SSSR count). The number of aliphatic hydroxyl groups excluding tert-OH is 4. The Hall–Kier alpha value is -2.13. The number of amides is 2. The Morgan fingerprint density at radius 1 is 1.14 bits per heavy atom. The molecule has 42 heavy (non-hydrogen) atoms. The van der Waals surface area contributed by atoms with Crippen LogP contribution in [0.5, 0.6) is 0 Å². The number of carbonyl (C=O) groups excluding carboxylic acids is 1. The van der Waals surface area contributed by atoms with Crippen LogP contribution in [0.2, 0.25) is 0 Å². The van der Waals surface area contributed by atoms with Crippen LogP contribution in [0.3, 0.4) is 0 Å². The van der Waals surface area contributed by atoms with E-state index in [-0.39, 0.29) is 31.1 Å². The fourth-order valence-corrected chi connectivity index (χ4v) is 5.13. The molecule has 1 aromatic rings. The summed E-state index contributed by atoms with van der Waals surface area (Å²) in [4.78, 5) is 12.9. The van der Waals surface area contributed by atoms with Gasteiger partial charge in [-0.25, -0.2) is 4.79 Å². The Morgan fingerprint density at radius 2 is 1.81 bits per heavy atom. The standard InChI is InChI=1S/C30H49N3O9/c1-16(2)11-12-20(41-28-27(37)24(31)26(36)18(5)40-28)13-23-25(33-29(38)32-19-9-7-6-8-10-19)22(35)15-30(39,42-23)14-21(34)17(3)4/h6-12,16-18,20-28,34-37,39H,13-15,31H2,1-5H3,(H2,32,33,38)/b12-11+/t18?,20-,21+,22-,23?,24?,25+,26?,27?,28?,30+/m0/s1. The van der Waals surface area contributed by atoms with E-state index < -0.39 is 72.9 Å². The van der Waals surface area contributed by atoms with E-state index in [1.54, 1.807) is 37.3 Å². The summed E-state index contributed by atoms with van der Waals surface area (Å²) >= 11 is 0. The van der Waals surface area contributed by atoms with Gasteiger partial charge >= 0.3 is 6.03 Å². The first-order valence-corrected chi connectivity index (χ1v) is 14.7. The van der Waals surface area contributed by atoms with Crippen molar-refractivity contribution in [1.82, 2.24) is 5.32 Å². The summed E-state index contributed by atoms with van der Waals surface area (Å²) in [5.74, 6) is -1.91. The Bertz CT molecular complexity index is 1010. The first kappa shape index (κ1) is 34.4. The Labute approximate surface area is 247 Å². The monoisotopic (exact) mass is 595 g/mol. The lowest BCUT2D eigenvalue weighted by atomic mass is 9.86. The van der Waals surface area contributed by atoms with E-state index >= 15 is 0 Å². The molecule has 0 aliphatic carbocycles. The fraction of sp³-hybridized carbons (Fsp3) is 0.700. The molecule has 0 spiro atoms. The van der Waals surface area contributed by atoms with Crippen molar-refractivity contribution in [1.29, 1.82) is 0 Å². The lowest BCUT2D eigenvalue weighted by Crippen LogP contribution is -2.63. The van der Waals surface area contributed by atoms with Crippen LogP contribution >= 0.6 is 0 Å². The lowest BCUT2D eigenvalue weighted by Gasteiger charge is -2.46. The van der Waals surface area contributed by atoms with E-state index in [0.29, 0.717) is 5.69 Å². The summed E-state index contributed by atoms with van der Waals surface area (Å²) in [6.07, 6.45) is -4.91. The Morgan fingerprint density at radius 3 is 2.43 bits per heavy atom. The topological polar surface area (TPSA) is 196 Å². The molecule has 0 bridgehead atoms. The average Bonchev–Trinajstić information content (AvgIpc) is 2.91. The van der Waals surface area contributed by atoms with Gasteiger partial charge in [-0.2, -0.15) is 0 Å². The second-order valence-corrected chi connectivity index (χ2v) is 12.2. The number of anilines is 1. The van der Waals surface area contributed by atoms with Crippen LogP contribution < -0.4 is 16.4 Å². The van der Waals surface area contributed by atoms with Crippen LogP contribution in [0.4, 0.5) is 10.5 Å². The molecule has 9 N–H and O–H groups in total. The Balaban J connectivity index is 1.87. The number of para-hydroxylation sites is 1. The number of ether oxygens (including phenoxy) is 3. The molecule has 2 aliphatic rings. The summed E-state index contributed by atoms with van der Waals surface area (Å²) in [5.41, 5.74) is 6.55. The molecule has 238 valence electrons. The van der Waals surface area contributed by atoms with Crippen LogP contribution in [0.1, 0.15) is 53.9 Å². The van der Waals surface area contributed by atoms with Gasteiger partial charge in [-0.1, -0.05) is 58.0 Å². The fourth-order valence-electron chi connectivity index (χ4n) is 5.13. The van der Waals surface area contributed by atoms with E-state index in [0.717, 1.165) is 0 Å². The highest BCUT2D eigenvalue weighted by molar-refractivity contribution is 5.89. The number of benzene rings is 1. The van der Waals surface area contributed by atoms with E-state index in [1.165, 1.54) is 0 Å². The van der Waals surface area contributed by atoms with E-state index in [9.17, 15) is 30.3 Å². The van der Waals surface area contributed by atoms with Gasteiger partial charge in [-0.05, 0) is 30.9 Å². The second kappa shape index (κ2) is 15.0. The zero-order chi connectivity index (χ0) is 31.2. The molecular weight excluding hydrogens is 546 g/mol. The SMILES string of the molecule is CC(C)/C=C/[C@@H](CC1O[C@](O)(C[C@@H](O)C(C)C)C[C@H](O)[C@H]1NC(=O)Nc1ccccc1)OC1OC(C)C(O)C(N)C1O. The zero-order valence-electron chi connectivity index (χ0n) is 25.0. The van der Waals surface area contributed by atoms with E-state index in [1.807, 2.05) is 39.8 Å². The highest BCUT2D eigenvalue weighted by Crippen LogP contribution is 2.35. The maximum Gasteiger partial charge on any atom is 0.319 e. The Kier molecular flexibility index (Phi) is 12.3. The molecule has 0 radical (unpaired) electrons. The minimum absolute atomic E-state index is 0.0232. The van der Waals surface area contributed by atoms with Crippen molar-refractivity contribution in [3.05, 3.63) is 42.5 Å². The third kappa shape index (κ3) is 9.43. The van der Waals surface area contributed by atoms with Gasteiger partial charge in [0.2, 0.25) is 0 Å². The van der Waals surface area contributed by atoms with Gasteiger partial charge in [0.1, 0.15) is 6.10 Å². The minimum atomic E-state index is -1.88. The lowest BCUT2D eigenvalue weighted by molar-refractivity contribution is -0.303. The summed E-state index contributed by atoms with van der Waals surface area (Å²) in [7, 11) is 0. The molecule has 0 saturated carbocycles. The van der Waals surface area contributed by atoms with Crippen molar-refractivity contribution in [2.75, 3.05) is 5.32 Å². The van der Waals surface area contributed by atoms with Crippen molar-refractivity contribution in [2.24, 2.45) is 17.6 Å². The van der Waals surface area contributed by atoms with Gasteiger partial charge < -0.3 is 56.1 Å². The van der Waals surface area contributed by atoms with Gasteiger partial charge in [0.25, 0.3) is 0 Å². The van der Waals surface area contributed by atoms with Crippen LogP contribution in [0.25, 0.3) is 0 Å². The number of allylic oxidation sites excluding steroid dienone is 1. The molecule has 0 aromatic heterocycles. The van der Waals surface area contributed by atoms with Crippen LogP contribution in [-0.2, 0) is 14.2 Å². The molecule has 2 heterocycles. The highest BCUT2D eigenvalue weighted by atomic mass is 16.7. The smallest absolute Gasteiger partial charge is 0.319 e. The number of aliphatic hydroxyl groups is 5. The maximum absolute atomic E-state index is 12.9. The van der Waals surface area contributed by atoms with Gasteiger partial charge in [-0.3, -0.25) is 0 Å². The molecule has 2 saturated heterocycles. The van der Waals surface area contributed by atoms with Crippen molar-refractivity contribution in [2.45, 2.75) is 121 Å². The predicted octanol–water partition coefficient (Wildman–Crippen LogP) is 1.20. The summed E-state index contributed by atoms with van der Waals surface area (Å²) in [5, 5.41) is 59.5. The van der Waals surface area contributed by atoms with Gasteiger partial charge in [0.05, 0.1) is 48.7 Å². The molecule has 2 aliphatic heterocycles. The number of rotatable bonds is 11. The molecule has 2 fully saturated rings. The number of hydrogen-bond acceptors (Lipinski definition) is 10. The first-order valence-electron chi connectivity index (χ1n) is 14.7. The molecule has 1 aromatic carbocycles. The zero-order valence-corrected chi connectivity index (χ0v) is 25.0. The van der Waals surface area contributed by atoms with Crippen LogP contribution in [-0.4, -0.2) is 98.5 Å². The van der Waals surface area contributed by atoms with Gasteiger partial charge in [-0.15, -0.1) is 0 Å². The summed E-state index contributed by atoms with van der Waals surface area (Å²) < 4.78 is 18.0. The van der Waals surface area contributed by atoms with Crippen LogP contribution in [0, 0.1) is 11.8 Å². The van der Waals surface area contributed by atoms with Crippen LogP contribution in [0.15, 0.2) is 42.5 Å².